The monoisotopic (exact) mass is 711 g/mol. The van der Waals surface area contributed by atoms with Crippen molar-refractivity contribution in [3.8, 4) is 5.88 Å². The zero-order chi connectivity index (χ0) is 35.8. The molecule has 0 bridgehead atoms. The van der Waals surface area contributed by atoms with E-state index in [1.807, 2.05) is 11.8 Å². The Balaban J connectivity index is 1.27. The SMILES string of the molecule is COc1[nH]cc(C)c(=O)c1C(=O)N1CCN(c2c3n(c4ncc(C)nc4c2=O)[C@@H](C(=O)Nc2ccc(C(F)(F)F)cc2Cl)C[C@H]3C)[C@H]2CC[C@@H]21. The number of rotatable bonds is 5. The van der Waals surface area contributed by atoms with Gasteiger partial charge in [-0.1, -0.05) is 18.5 Å². The number of carbonyl (C=O) groups is 2. The van der Waals surface area contributed by atoms with Gasteiger partial charge in [0, 0.05) is 36.8 Å². The summed E-state index contributed by atoms with van der Waals surface area (Å²) in [5.74, 6) is -1.21. The predicted octanol–water partition coefficient (Wildman–Crippen LogP) is 4.96. The van der Waals surface area contributed by atoms with Gasteiger partial charge in [0.05, 0.1) is 47.0 Å². The Morgan fingerprint density at radius 3 is 2.50 bits per heavy atom. The Hall–Kier alpha value is -4.92. The van der Waals surface area contributed by atoms with Crippen LogP contribution in [0.2, 0.25) is 5.02 Å². The molecule has 2 N–H and O–H groups in total. The van der Waals surface area contributed by atoms with Crippen molar-refractivity contribution in [1.82, 2.24) is 24.4 Å². The zero-order valence-corrected chi connectivity index (χ0v) is 28.3. The van der Waals surface area contributed by atoms with Gasteiger partial charge in [0.25, 0.3) is 5.91 Å². The molecular weight excluding hydrogens is 679 g/mol. The molecule has 1 aliphatic carbocycles. The van der Waals surface area contributed by atoms with Crippen molar-refractivity contribution in [2.24, 2.45) is 0 Å². The van der Waals surface area contributed by atoms with Crippen LogP contribution in [0.15, 0.2) is 40.2 Å². The van der Waals surface area contributed by atoms with Gasteiger partial charge in [-0.15, -0.1) is 0 Å². The summed E-state index contributed by atoms with van der Waals surface area (Å²) in [5, 5.41) is 2.41. The van der Waals surface area contributed by atoms with Gasteiger partial charge in [-0.2, -0.15) is 13.2 Å². The zero-order valence-electron chi connectivity index (χ0n) is 27.5. The van der Waals surface area contributed by atoms with Gasteiger partial charge >= 0.3 is 6.18 Å². The van der Waals surface area contributed by atoms with E-state index < -0.39 is 35.0 Å². The van der Waals surface area contributed by atoms with E-state index >= 15 is 0 Å². The molecule has 16 heteroatoms. The van der Waals surface area contributed by atoms with Crippen LogP contribution in [0.5, 0.6) is 5.88 Å². The third-order valence-electron chi connectivity index (χ3n) is 10.0. The van der Waals surface area contributed by atoms with Gasteiger partial charge in [-0.25, -0.2) is 9.97 Å². The predicted molar refractivity (Wildman–Crippen MR) is 179 cm³/mol. The number of aromatic nitrogens is 4. The third-order valence-corrected chi connectivity index (χ3v) is 10.3. The molecule has 0 unspecified atom stereocenters. The molecule has 3 aliphatic rings. The summed E-state index contributed by atoms with van der Waals surface area (Å²) in [6.07, 6.45) is 0.00147. The first-order valence-electron chi connectivity index (χ1n) is 16.1. The third kappa shape index (κ3) is 5.29. The van der Waals surface area contributed by atoms with Crippen molar-refractivity contribution in [3.63, 3.8) is 0 Å². The summed E-state index contributed by atoms with van der Waals surface area (Å²) in [7, 11) is 1.38. The van der Waals surface area contributed by atoms with Crippen molar-refractivity contribution in [2.75, 3.05) is 30.4 Å². The maximum absolute atomic E-state index is 14.4. The van der Waals surface area contributed by atoms with E-state index in [0.29, 0.717) is 35.5 Å². The van der Waals surface area contributed by atoms with Gasteiger partial charge in [0.2, 0.25) is 22.6 Å². The Morgan fingerprint density at radius 2 is 1.84 bits per heavy atom. The molecule has 1 saturated heterocycles. The molecule has 5 heterocycles. The number of nitrogens with zero attached hydrogens (tertiary/aromatic N) is 5. The van der Waals surface area contributed by atoms with Gasteiger partial charge in [-0.3, -0.25) is 19.2 Å². The molecular formula is C34H33ClF3N7O5. The normalized spacial score (nSPS) is 21.4. The number of benzene rings is 1. The smallest absolute Gasteiger partial charge is 0.416 e. The number of H-pyrrole nitrogens is 1. The van der Waals surface area contributed by atoms with E-state index in [4.69, 9.17) is 16.3 Å². The molecule has 1 saturated carbocycles. The molecule has 50 heavy (non-hydrogen) atoms. The summed E-state index contributed by atoms with van der Waals surface area (Å²) in [5.41, 5.74) is 0.367. The minimum atomic E-state index is -4.60. The van der Waals surface area contributed by atoms with E-state index in [1.54, 1.807) is 23.3 Å². The standard InChI is InChI=1S/C34H33ClF3N7O5/c1-15-11-23(31(48)42-20-6-5-18(12-19(20)35)34(36,37)38)45-26(15)27(29(47)25-30(45)39-14-17(3)41-25)43-9-10-44(22-8-7-21(22)43)33(49)24-28(46)16(2)13-40-32(24)50-4/h5-6,12-15,21-23H,7-11H2,1-4H3,(H,40,46)(H,42,48)/t15-,21+,22+,23-/m1/s1. The van der Waals surface area contributed by atoms with Crippen LogP contribution in [-0.4, -0.2) is 68.5 Å². The van der Waals surface area contributed by atoms with Crippen molar-refractivity contribution in [3.05, 3.63) is 84.1 Å². The lowest BCUT2D eigenvalue weighted by Gasteiger charge is -2.54. The molecule has 2 amide bonds. The van der Waals surface area contributed by atoms with Crippen LogP contribution in [0.1, 0.15) is 71.0 Å². The van der Waals surface area contributed by atoms with Crippen molar-refractivity contribution in [2.45, 2.75) is 70.3 Å². The van der Waals surface area contributed by atoms with Crippen molar-refractivity contribution >= 4 is 46.0 Å². The fourth-order valence-corrected chi connectivity index (χ4v) is 7.71. The van der Waals surface area contributed by atoms with Gasteiger partial charge < -0.3 is 29.4 Å². The fraction of sp³-hybridized carbons (Fsp3) is 0.412. The summed E-state index contributed by atoms with van der Waals surface area (Å²) in [6.45, 7) is 5.71. The highest BCUT2D eigenvalue weighted by atomic mass is 35.5. The molecule has 2 fully saturated rings. The molecule has 4 aromatic rings. The number of hydrogen-bond donors (Lipinski definition) is 2. The molecule has 0 spiro atoms. The van der Waals surface area contributed by atoms with E-state index in [1.165, 1.54) is 19.5 Å². The molecule has 4 atom stereocenters. The second-order valence-electron chi connectivity index (χ2n) is 13.1. The number of amides is 2. The number of halogens is 4. The molecule has 12 nitrogen and oxygen atoms in total. The number of pyridine rings is 2. The number of ether oxygens (including phenoxy) is 1. The lowest BCUT2D eigenvalue weighted by atomic mass is 9.80. The highest BCUT2D eigenvalue weighted by molar-refractivity contribution is 6.33. The average molecular weight is 712 g/mol. The van der Waals surface area contributed by atoms with E-state index in [9.17, 15) is 32.3 Å². The van der Waals surface area contributed by atoms with Crippen LogP contribution in [0, 0.1) is 13.8 Å². The summed E-state index contributed by atoms with van der Waals surface area (Å²) < 4.78 is 46.8. The number of aryl methyl sites for hydroxylation is 2. The molecule has 3 aromatic heterocycles. The first-order valence-corrected chi connectivity index (χ1v) is 16.5. The summed E-state index contributed by atoms with van der Waals surface area (Å²) in [4.78, 5) is 70.8. The van der Waals surface area contributed by atoms with Gasteiger partial charge in [-0.05, 0) is 51.3 Å². The number of nitrogens with one attached hydrogen (secondary N) is 2. The van der Waals surface area contributed by atoms with Gasteiger partial charge in [0.1, 0.15) is 17.3 Å². The van der Waals surface area contributed by atoms with E-state index in [0.717, 1.165) is 18.2 Å². The summed E-state index contributed by atoms with van der Waals surface area (Å²) >= 11 is 6.17. The van der Waals surface area contributed by atoms with Crippen LogP contribution < -0.4 is 25.8 Å². The lowest BCUT2D eigenvalue weighted by Crippen LogP contribution is -2.67. The van der Waals surface area contributed by atoms with Crippen molar-refractivity contribution in [1.29, 1.82) is 0 Å². The van der Waals surface area contributed by atoms with Crippen LogP contribution >= 0.6 is 11.6 Å². The first-order chi connectivity index (χ1) is 23.7. The van der Waals surface area contributed by atoms with Crippen LogP contribution in [0.3, 0.4) is 0 Å². The maximum Gasteiger partial charge on any atom is 0.416 e. The Labute approximate surface area is 288 Å². The molecule has 2 aliphatic heterocycles. The highest BCUT2D eigenvalue weighted by Crippen LogP contribution is 2.46. The molecule has 7 rings (SSSR count). The average Bonchev–Trinajstić information content (AvgIpc) is 3.39. The maximum atomic E-state index is 14.4. The molecule has 0 radical (unpaired) electrons. The topological polar surface area (TPSA) is 143 Å². The number of alkyl halides is 3. The van der Waals surface area contributed by atoms with Crippen LogP contribution in [0.4, 0.5) is 24.5 Å². The molecule has 262 valence electrons. The number of piperazine rings is 1. The fourth-order valence-electron chi connectivity index (χ4n) is 7.48. The van der Waals surface area contributed by atoms with Crippen LogP contribution in [-0.2, 0) is 11.0 Å². The number of hydrogen-bond acceptors (Lipinski definition) is 8. The van der Waals surface area contributed by atoms with Gasteiger partial charge in [0.15, 0.2) is 11.2 Å². The number of methoxy groups -OCH3 is 1. The number of carbonyl (C=O) groups excluding carboxylic acids is 2. The minimum Gasteiger partial charge on any atom is -0.482 e. The number of fused-ring (bicyclic) bond motifs is 4. The second-order valence-corrected chi connectivity index (χ2v) is 13.5. The highest BCUT2D eigenvalue weighted by Gasteiger charge is 2.49. The second kappa shape index (κ2) is 12.1. The number of aromatic amines is 1. The first kappa shape index (κ1) is 33.6. The largest absolute Gasteiger partial charge is 0.482 e. The quantitative estimate of drug-likeness (QED) is 0.296. The minimum absolute atomic E-state index is 0.0143. The Morgan fingerprint density at radius 1 is 1.10 bits per heavy atom. The molecule has 1 aromatic carbocycles. The summed E-state index contributed by atoms with van der Waals surface area (Å²) in [6, 6.07) is 1.27. The van der Waals surface area contributed by atoms with Crippen LogP contribution in [0.25, 0.3) is 11.2 Å². The van der Waals surface area contributed by atoms with E-state index in [-0.39, 0.29) is 76.3 Å². The number of anilines is 2. The van der Waals surface area contributed by atoms with E-state index in [2.05, 4.69) is 20.3 Å². The lowest BCUT2D eigenvalue weighted by molar-refractivity contribution is -0.137. The Bertz CT molecular complexity index is 2200. The van der Waals surface area contributed by atoms with Crippen molar-refractivity contribution < 1.29 is 27.5 Å². The Kier molecular flexibility index (Phi) is 8.15.